The van der Waals surface area contributed by atoms with E-state index >= 15 is 0 Å². The van der Waals surface area contributed by atoms with Gasteiger partial charge in [0.1, 0.15) is 12.0 Å². The van der Waals surface area contributed by atoms with E-state index in [0.717, 1.165) is 0 Å². The first-order chi connectivity index (χ1) is 17.1. The molecule has 0 heterocycles. The highest BCUT2D eigenvalue weighted by atomic mass is 19.4. The number of rotatable bonds is 2. The van der Waals surface area contributed by atoms with Gasteiger partial charge in [0.15, 0.2) is 0 Å². The Morgan fingerprint density at radius 2 is 0.895 bits per heavy atom. The van der Waals surface area contributed by atoms with Gasteiger partial charge in [0.2, 0.25) is 0 Å². The van der Waals surface area contributed by atoms with E-state index in [-0.39, 0.29) is 18.4 Å². The Morgan fingerprint density at radius 1 is 0.658 bits per heavy atom. The fourth-order valence-electron chi connectivity index (χ4n) is 2.17. The Hall–Kier alpha value is -3.19. The van der Waals surface area contributed by atoms with E-state index in [2.05, 4.69) is 20.4 Å². The highest BCUT2D eigenvalue weighted by Crippen LogP contribution is 2.38. The van der Waals surface area contributed by atoms with Gasteiger partial charge in [0.25, 0.3) is 0 Å². The molecule has 0 aliphatic heterocycles. The van der Waals surface area contributed by atoms with Gasteiger partial charge in [-0.05, 0) is 36.4 Å². The van der Waals surface area contributed by atoms with Crippen LogP contribution in [0.25, 0.3) is 5.76 Å². The smallest absolute Gasteiger partial charge is 0.416 e. The summed E-state index contributed by atoms with van der Waals surface area (Å²) in [5.74, 6) is -0.860. The molecule has 0 atom stereocenters. The van der Waals surface area contributed by atoms with Gasteiger partial charge in [0.05, 0.1) is 22.3 Å². The van der Waals surface area contributed by atoms with Crippen LogP contribution in [0.2, 0.25) is 0 Å². The number of aliphatic hydroxyl groups excluding tert-OH is 1. The maximum absolute atomic E-state index is 12.3. The summed E-state index contributed by atoms with van der Waals surface area (Å²) < 4.78 is 147. The second kappa shape index (κ2) is 14.7. The minimum absolute atomic E-state index is 0.0214. The molecule has 0 aromatic heterocycles. The molecule has 0 spiro atoms. The van der Waals surface area contributed by atoms with Crippen LogP contribution < -0.4 is 0 Å². The number of hydrogen-bond acceptors (Lipinski definition) is 2. The van der Waals surface area contributed by atoms with E-state index in [1.807, 2.05) is 13.8 Å². The molecule has 0 bridgehead atoms. The molecular formula is C24H24F12O2. The molecule has 0 aliphatic carbocycles. The monoisotopic (exact) mass is 572 g/mol. The Kier molecular flexibility index (Phi) is 14.3. The number of carbonyl (C=O) groups is 1. The van der Waals surface area contributed by atoms with Crippen molar-refractivity contribution < 1.29 is 62.6 Å². The molecular weight excluding hydrogens is 548 g/mol. The van der Waals surface area contributed by atoms with Crippen LogP contribution in [0.4, 0.5) is 52.7 Å². The molecule has 0 saturated carbocycles. The lowest BCUT2D eigenvalue weighted by molar-refractivity contribution is -0.144. The van der Waals surface area contributed by atoms with E-state index in [4.69, 9.17) is 5.11 Å². The standard InChI is InChI=1S/C10H6F6O.C9H4F6O.C3H8.C2H6/c1-5(17)6-2-7(9(11,12)13)4-8(3-6)10(14,15)16;10-8(11,12)6-1-5(4-16)2-7(3-6)9(13,14)15;1-3-2;1-2/h2-4,17H,1H2;1-4H;3H2,1-2H3;1-2H3. The normalized spacial score (nSPS) is 11.6. The van der Waals surface area contributed by atoms with Gasteiger partial charge in [-0.3, -0.25) is 4.79 Å². The van der Waals surface area contributed by atoms with Crippen LogP contribution in [0.1, 0.15) is 72.3 Å². The second-order valence-electron chi connectivity index (χ2n) is 6.91. The van der Waals surface area contributed by atoms with Crippen molar-refractivity contribution in [1.29, 1.82) is 0 Å². The first kappa shape index (κ1) is 37.0. The van der Waals surface area contributed by atoms with Crippen molar-refractivity contribution in [2.75, 3.05) is 0 Å². The lowest BCUT2D eigenvalue weighted by Gasteiger charge is -2.13. The number of aldehydes is 1. The number of alkyl halides is 12. The molecule has 0 amide bonds. The van der Waals surface area contributed by atoms with Crippen molar-refractivity contribution in [2.45, 2.75) is 58.8 Å². The van der Waals surface area contributed by atoms with Crippen molar-refractivity contribution >= 4 is 12.0 Å². The highest BCUT2D eigenvalue weighted by molar-refractivity contribution is 5.75. The largest absolute Gasteiger partial charge is 0.508 e. The summed E-state index contributed by atoms with van der Waals surface area (Å²) in [7, 11) is 0. The lowest BCUT2D eigenvalue weighted by Crippen LogP contribution is -2.11. The van der Waals surface area contributed by atoms with Gasteiger partial charge in [-0.25, -0.2) is 0 Å². The molecule has 14 heteroatoms. The quantitative estimate of drug-likeness (QED) is 0.221. The average molecular weight is 572 g/mol. The average Bonchev–Trinajstić information content (AvgIpc) is 2.78. The zero-order valence-electron chi connectivity index (χ0n) is 20.3. The third-order valence-electron chi connectivity index (χ3n) is 3.67. The maximum Gasteiger partial charge on any atom is 0.416 e. The van der Waals surface area contributed by atoms with Crippen molar-refractivity contribution in [3.8, 4) is 0 Å². The Bertz CT molecular complexity index is 966. The van der Waals surface area contributed by atoms with Crippen LogP contribution in [-0.2, 0) is 24.7 Å². The highest BCUT2D eigenvalue weighted by Gasteiger charge is 2.38. The third kappa shape index (κ3) is 12.9. The first-order valence-electron chi connectivity index (χ1n) is 10.5. The second-order valence-corrected chi connectivity index (χ2v) is 6.91. The number of hydrogen-bond donors (Lipinski definition) is 1. The molecule has 0 unspecified atom stereocenters. The maximum atomic E-state index is 12.3. The molecule has 2 aromatic carbocycles. The molecule has 0 radical (unpaired) electrons. The van der Waals surface area contributed by atoms with Gasteiger partial charge in [-0.2, -0.15) is 52.7 Å². The van der Waals surface area contributed by atoms with Gasteiger partial charge < -0.3 is 5.11 Å². The van der Waals surface area contributed by atoms with E-state index in [9.17, 15) is 57.5 Å². The molecule has 2 rings (SSSR count). The summed E-state index contributed by atoms with van der Waals surface area (Å²) in [4.78, 5) is 10.2. The molecule has 0 aliphatic rings. The van der Waals surface area contributed by atoms with Crippen LogP contribution in [0, 0.1) is 0 Å². The summed E-state index contributed by atoms with van der Waals surface area (Å²) in [6.07, 6.45) is -18.5. The summed E-state index contributed by atoms with van der Waals surface area (Å²) in [5, 5.41) is 8.87. The fourth-order valence-corrected chi connectivity index (χ4v) is 2.17. The van der Waals surface area contributed by atoms with Gasteiger partial charge in [0, 0.05) is 11.1 Å². The molecule has 2 nitrogen and oxygen atoms in total. The number of halogens is 12. The Labute approximate surface area is 210 Å². The van der Waals surface area contributed by atoms with E-state index in [0.29, 0.717) is 24.3 Å². The Balaban J connectivity index is 0. The summed E-state index contributed by atoms with van der Waals surface area (Å²) in [6, 6.07) is 1.47. The van der Waals surface area contributed by atoms with E-state index < -0.39 is 63.8 Å². The number of aliphatic hydroxyl groups is 1. The van der Waals surface area contributed by atoms with Gasteiger partial charge in [-0.1, -0.05) is 40.7 Å². The third-order valence-corrected chi connectivity index (χ3v) is 3.67. The predicted molar refractivity (Wildman–Crippen MR) is 117 cm³/mol. The zero-order valence-corrected chi connectivity index (χ0v) is 20.3. The minimum atomic E-state index is -4.93. The predicted octanol–water partition coefficient (Wildman–Crippen LogP) is 10.2. The van der Waals surface area contributed by atoms with Gasteiger partial charge >= 0.3 is 24.7 Å². The van der Waals surface area contributed by atoms with Crippen molar-refractivity contribution in [3.05, 3.63) is 76.4 Å². The van der Waals surface area contributed by atoms with Crippen LogP contribution in [-0.4, -0.2) is 11.4 Å². The van der Waals surface area contributed by atoms with Crippen LogP contribution >= 0.6 is 0 Å². The number of carbonyl (C=O) groups excluding carboxylic acids is 1. The van der Waals surface area contributed by atoms with E-state index in [1.54, 1.807) is 0 Å². The molecule has 0 fully saturated rings. The number of benzene rings is 2. The van der Waals surface area contributed by atoms with Crippen molar-refractivity contribution in [2.24, 2.45) is 0 Å². The van der Waals surface area contributed by atoms with E-state index in [1.165, 1.54) is 6.42 Å². The Morgan fingerprint density at radius 3 is 1.08 bits per heavy atom. The van der Waals surface area contributed by atoms with Crippen molar-refractivity contribution in [1.82, 2.24) is 0 Å². The molecule has 38 heavy (non-hydrogen) atoms. The summed E-state index contributed by atoms with van der Waals surface area (Å²) >= 11 is 0. The van der Waals surface area contributed by atoms with Crippen LogP contribution in [0.5, 0.6) is 0 Å². The fraction of sp³-hybridized carbons (Fsp3) is 0.375. The topological polar surface area (TPSA) is 37.3 Å². The molecule has 0 saturated heterocycles. The van der Waals surface area contributed by atoms with Crippen LogP contribution in [0.3, 0.4) is 0 Å². The SMILES string of the molecule is C=C(O)c1cc(C(F)(F)F)cc(C(F)(F)F)c1.CC.CCC.O=Cc1cc(C(F)(F)F)cc(C(F)(F)F)c1. The molecule has 1 N–H and O–H groups in total. The summed E-state index contributed by atoms with van der Waals surface area (Å²) in [5.41, 5.74) is -7.25. The zero-order chi connectivity index (χ0) is 30.7. The molecule has 2 aromatic rings. The van der Waals surface area contributed by atoms with Gasteiger partial charge in [-0.15, -0.1) is 0 Å². The first-order valence-corrected chi connectivity index (χ1v) is 10.5. The molecule has 216 valence electrons. The minimum Gasteiger partial charge on any atom is -0.508 e. The summed E-state index contributed by atoms with van der Waals surface area (Å²) in [6.45, 7) is 11.1. The van der Waals surface area contributed by atoms with Crippen molar-refractivity contribution in [3.63, 3.8) is 0 Å². The lowest BCUT2D eigenvalue weighted by atomic mass is 10.0. The van der Waals surface area contributed by atoms with Crippen LogP contribution in [0.15, 0.2) is 43.0 Å².